The third kappa shape index (κ3) is 4.59. The molecule has 0 fully saturated rings. The highest BCUT2D eigenvalue weighted by Crippen LogP contribution is 2.28. The Morgan fingerprint density at radius 3 is 2.58 bits per heavy atom. The lowest BCUT2D eigenvalue weighted by Gasteiger charge is -2.12. The molecule has 2 aromatic carbocycles. The fourth-order valence-corrected chi connectivity index (χ4v) is 4.31. The van der Waals surface area contributed by atoms with E-state index in [1.54, 1.807) is 4.52 Å². The van der Waals surface area contributed by atoms with Crippen molar-refractivity contribution in [3.05, 3.63) is 65.5 Å². The van der Waals surface area contributed by atoms with Gasteiger partial charge >= 0.3 is 0 Å². The number of aryl methyl sites for hydroxylation is 1. The number of hydrogen-bond acceptors (Lipinski definition) is 6. The topological polar surface area (TPSA) is 89.2 Å². The first kappa shape index (κ1) is 21.0. The second kappa shape index (κ2) is 8.85. The van der Waals surface area contributed by atoms with Crippen LogP contribution in [0.15, 0.2) is 53.7 Å². The lowest BCUT2D eigenvalue weighted by Crippen LogP contribution is -2.22. The summed E-state index contributed by atoms with van der Waals surface area (Å²) in [5, 5.41) is 8.49. The molecule has 158 valence electrons. The molecule has 2 heterocycles. The third-order valence-electron chi connectivity index (χ3n) is 4.93. The lowest BCUT2D eigenvalue weighted by molar-refractivity contribution is -0.118. The average Bonchev–Trinajstić information content (AvgIpc) is 3.15. The molecule has 1 unspecified atom stereocenters. The fourth-order valence-electron chi connectivity index (χ4n) is 3.37. The summed E-state index contributed by atoms with van der Waals surface area (Å²) in [6.45, 7) is 5.80. The molecule has 0 bridgehead atoms. The molecule has 0 radical (unpaired) electrons. The Bertz CT molecular complexity index is 1270. The highest BCUT2D eigenvalue weighted by Gasteiger charge is 2.20. The molecule has 0 aliphatic rings. The number of nitrogens with zero attached hydrogens (tertiary/aromatic N) is 4. The summed E-state index contributed by atoms with van der Waals surface area (Å²) in [6, 6.07) is 15.3. The normalized spacial score (nSPS) is 12.2. The number of amides is 1. The molecule has 8 heteroatoms. The van der Waals surface area contributed by atoms with Gasteiger partial charge in [0.05, 0.1) is 10.8 Å². The summed E-state index contributed by atoms with van der Waals surface area (Å²) in [7, 11) is 0. The Hall–Kier alpha value is -3.26. The first-order chi connectivity index (χ1) is 14.9. The number of ketones is 1. The first-order valence-electron chi connectivity index (χ1n) is 10.1. The molecule has 7 nitrogen and oxygen atoms in total. The molecule has 4 aromatic rings. The molecule has 0 saturated heterocycles. The minimum atomic E-state index is -0.341. The van der Waals surface area contributed by atoms with Crippen molar-refractivity contribution in [3.8, 4) is 0 Å². The second-order valence-corrected chi connectivity index (χ2v) is 8.67. The molecule has 0 aliphatic carbocycles. The predicted molar refractivity (Wildman–Crippen MR) is 122 cm³/mol. The Labute approximate surface area is 184 Å². The van der Waals surface area contributed by atoms with Gasteiger partial charge in [-0.3, -0.25) is 9.59 Å². The van der Waals surface area contributed by atoms with Crippen molar-refractivity contribution in [2.75, 3.05) is 6.54 Å². The molecule has 1 N–H and O–H groups in total. The molecule has 4 rings (SSSR count). The van der Waals surface area contributed by atoms with E-state index in [4.69, 9.17) is 4.98 Å². The van der Waals surface area contributed by atoms with Crippen LogP contribution in [0.4, 0.5) is 0 Å². The van der Waals surface area contributed by atoms with E-state index in [1.165, 1.54) is 18.7 Å². The third-order valence-corrected chi connectivity index (χ3v) is 5.98. The van der Waals surface area contributed by atoms with Crippen molar-refractivity contribution in [1.82, 2.24) is 24.9 Å². The highest BCUT2D eigenvalue weighted by molar-refractivity contribution is 8.00. The Kier molecular flexibility index (Phi) is 5.99. The number of Topliss-reactive ketones (excluding diaryl/α,β-unsaturated/α-hetero) is 1. The van der Waals surface area contributed by atoms with Crippen molar-refractivity contribution in [2.24, 2.45) is 0 Å². The van der Waals surface area contributed by atoms with Crippen LogP contribution in [-0.2, 0) is 11.2 Å². The summed E-state index contributed by atoms with van der Waals surface area (Å²) in [5.41, 5.74) is 3.29. The number of para-hydroxylation sites is 1. The number of carbonyl (C=O) groups is 2. The molecule has 2 aromatic heterocycles. The van der Waals surface area contributed by atoms with Crippen molar-refractivity contribution < 1.29 is 9.59 Å². The second-order valence-electron chi connectivity index (χ2n) is 7.36. The zero-order valence-electron chi connectivity index (χ0n) is 17.6. The van der Waals surface area contributed by atoms with E-state index < -0.39 is 0 Å². The first-order valence-corrected chi connectivity index (χ1v) is 11.0. The SMILES string of the molecule is CC(=O)NCCc1ccc(C(=O)C(C)Sc2nc3ccccc3c3nc(C)nn23)cc1. The number of nitrogens with one attached hydrogen (secondary N) is 1. The molecule has 1 amide bonds. The van der Waals surface area contributed by atoms with Gasteiger partial charge in [-0.25, -0.2) is 9.97 Å². The number of aromatic nitrogens is 4. The van der Waals surface area contributed by atoms with Crippen LogP contribution in [0.2, 0.25) is 0 Å². The van der Waals surface area contributed by atoms with Crippen LogP contribution >= 0.6 is 11.8 Å². The molecule has 0 aliphatic heterocycles. The molecule has 1 atom stereocenters. The van der Waals surface area contributed by atoms with Gasteiger partial charge in [-0.1, -0.05) is 48.2 Å². The minimum Gasteiger partial charge on any atom is -0.356 e. The van der Waals surface area contributed by atoms with Crippen LogP contribution in [0, 0.1) is 6.92 Å². The smallest absolute Gasteiger partial charge is 0.216 e. The van der Waals surface area contributed by atoms with Gasteiger partial charge in [-0.2, -0.15) is 4.52 Å². The lowest BCUT2D eigenvalue weighted by atomic mass is 10.0. The predicted octanol–water partition coefficient (Wildman–Crippen LogP) is 3.63. The van der Waals surface area contributed by atoms with Gasteiger partial charge in [0.25, 0.3) is 0 Å². The van der Waals surface area contributed by atoms with Gasteiger partial charge in [0.1, 0.15) is 5.82 Å². The summed E-state index contributed by atoms with van der Waals surface area (Å²) >= 11 is 1.38. The van der Waals surface area contributed by atoms with Crippen LogP contribution < -0.4 is 5.32 Å². The number of fused-ring (bicyclic) bond motifs is 3. The summed E-state index contributed by atoms with van der Waals surface area (Å²) in [5.74, 6) is 0.642. The van der Waals surface area contributed by atoms with Crippen molar-refractivity contribution in [1.29, 1.82) is 0 Å². The summed E-state index contributed by atoms with van der Waals surface area (Å²) < 4.78 is 1.72. The summed E-state index contributed by atoms with van der Waals surface area (Å²) in [4.78, 5) is 33.3. The van der Waals surface area contributed by atoms with E-state index in [1.807, 2.05) is 62.4 Å². The maximum atomic E-state index is 13.0. The van der Waals surface area contributed by atoms with Gasteiger partial charge in [-0.15, -0.1) is 5.10 Å². The van der Waals surface area contributed by atoms with Crippen LogP contribution in [0.5, 0.6) is 0 Å². The van der Waals surface area contributed by atoms with E-state index in [0.717, 1.165) is 28.5 Å². The van der Waals surface area contributed by atoms with E-state index in [9.17, 15) is 9.59 Å². The fraction of sp³-hybridized carbons (Fsp3) is 0.261. The van der Waals surface area contributed by atoms with Crippen LogP contribution in [0.1, 0.15) is 35.6 Å². The number of thioether (sulfide) groups is 1. The monoisotopic (exact) mass is 433 g/mol. The standard InChI is InChI=1S/C23H23N5O2S/c1-14(21(30)18-10-8-17(9-11-18)12-13-24-16(3)29)31-23-26-20-7-5-4-6-19(20)22-25-15(2)27-28(22)23/h4-11,14H,12-13H2,1-3H3,(H,24,29). The maximum Gasteiger partial charge on any atom is 0.216 e. The van der Waals surface area contributed by atoms with Crippen LogP contribution in [-0.4, -0.2) is 43.1 Å². The molecule has 0 spiro atoms. The van der Waals surface area contributed by atoms with E-state index >= 15 is 0 Å². The molecular formula is C23H23N5O2S. The number of rotatable bonds is 7. The quantitative estimate of drug-likeness (QED) is 0.272. The van der Waals surface area contributed by atoms with Gasteiger partial charge in [0.2, 0.25) is 5.91 Å². The highest BCUT2D eigenvalue weighted by atomic mass is 32.2. The van der Waals surface area contributed by atoms with Crippen molar-refractivity contribution in [3.63, 3.8) is 0 Å². The number of carbonyl (C=O) groups excluding carboxylic acids is 2. The van der Waals surface area contributed by atoms with E-state index in [-0.39, 0.29) is 16.9 Å². The zero-order chi connectivity index (χ0) is 22.0. The minimum absolute atomic E-state index is 0.0263. The Morgan fingerprint density at radius 1 is 1.10 bits per heavy atom. The van der Waals surface area contributed by atoms with Crippen LogP contribution in [0.25, 0.3) is 16.6 Å². The molecule has 31 heavy (non-hydrogen) atoms. The Balaban J connectivity index is 1.53. The molecule has 0 saturated carbocycles. The average molecular weight is 434 g/mol. The largest absolute Gasteiger partial charge is 0.356 e. The van der Waals surface area contributed by atoms with E-state index in [2.05, 4.69) is 15.4 Å². The van der Waals surface area contributed by atoms with Gasteiger partial charge in [0, 0.05) is 24.4 Å². The Morgan fingerprint density at radius 2 is 1.84 bits per heavy atom. The van der Waals surface area contributed by atoms with E-state index in [0.29, 0.717) is 23.1 Å². The van der Waals surface area contributed by atoms with Crippen molar-refractivity contribution in [2.45, 2.75) is 37.6 Å². The summed E-state index contributed by atoms with van der Waals surface area (Å²) in [6.07, 6.45) is 0.725. The molecular weight excluding hydrogens is 410 g/mol. The van der Waals surface area contributed by atoms with Gasteiger partial charge < -0.3 is 5.32 Å². The number of hydrogen-bond donors (Lipinski definition) is 1. The maximum absolute atomic E-state index is 13.0. The van der Waals surface area contributed by atoms with Crippen LogP contribution in [0.3, 0.4) is 0 Å². The zero-order valence-corrected chi connectivity index (χ0v) is 18.4. The van der Waals surface area contributed by atoms with Crippen molar-refractivity contribution >= 4 is 40.0 Å². The number of benzene rings is 2. The van der Waals surface area contributed by atoms with Gasteiger partial charge in [0.15, 0.2) is 16.6 Å². The van der Waals surface area contributed by atoms with Gasteiger partial charge in [-0.05, 0) is 38.0 Å².